The lowest BCUT2D eigenvalue weighted by molar-refractivity contribution is 0.102. The summed E-state index contributed by atoms with van der Waals surface area (Å²) in [7, 11) is 1.63. The van der Waals surface area contributed by atoms with E-state index >= 15 is 0 Å². The summed E-state index contributed by atoms with van der Waals surface area (Å²) in [4.78, 5) is 15.9. The zero-order valence-electron chi connectivity index (χ0n) is 10.2. The van der Waals surface area contributed by atoms with Crippen LogP contribution in [0.1, 0.15) is 21.7 Å². The third-order valence-corrected chi connectivity index (χ3v) is 2.35. The number of aromatic nitrogens is 3. The number of H-pyrrole nitrogens is 1. The van der Waals surface area contributed by atoms with Crippen LogP contribution in [0, 0.1) is 6.92 Å². The number of benzene rings is 1. The molecule has 1 amide bonds. The van der Waals surface area contributed by atoms with E-state index in [2.05, 4.69) is 20.5 Å². The third-order valence-electron chi connectivity index (χ3n) is 2.35. The van der Waals surface area contributed by atoms with Crippen LogP contribution in [-0.4, -0.2) is 28.2 Å². The second kappa shape index (κ2) is 5.42. The second-order valence-electron chi connectivity index (χ2n) is 3.83. The zero-order chi connectivity index (χ0) is 13.0. The van der Waals surface area contributed by atoms with Gasteiger partial charge in [0.1, 0.15) is 5.82 Å². The van der Waals surface area contributed by atoms with Crippen LogP contribution in [0.2, 0.25) is 0 Å². The van der Waals surface area contributed by atoms with Crippen molar-refractivity contribution in [3.63, 3.8) is 0 Å². The van der Waals surface area contributed by atoms with Crippen molar-refractivity contribution in [2.45, 2.75) is 13.5 Å². The molecule has 6 heteroatoms. The van der Waals surface area contributed by atoms with Crippen LogP contribution in [0.4, 0.5) is 5.95 Å². The number of amides is 1. The standard InChI is InChI=1S/C12H14N4O2/c1-8-13-12(16-15-8)14-11(17)10-5-3-9(4-6-10)7-18-2/h3-6H,7H2,1-2H3,(H2,13,14,15,16,17). The van der Waals surface area contributed by atoms with Gasteiger partial charge >= 0.3 is 0 Å². The van der Waals surface area contributed by atoms with Gasteiger partial charge in [0.2, 0.25) is 5.95 Å². The number of aromatic amines is 1. The molecule has 2 N–H and O–H groups in total. The Balaban J connectivity index is 2.04. The molecule has 94 valence electrons. The SMILES string of the molecule is COCc1ccc(C(=O)Nc2n[nH]c(C)n2)cc1. The first-order valence-corrected chi connectivity index (χ1v) is 5.47. The number of nitrogens with one attached hydrogen (secondary N) is 2. The lowest BCUT2D eigenvalue weighted by Gasteiger charge is -2.03. The van der Waals surface area contributed by atoms with Crippen LogP contribution < -0.4 is 5.32 Å². The normalized spacial score (nSPS) is 10.3. The van der Waals surface area contributed by atoms with Crippen molar-refractivity contribution in [3.05, 3.63) is 41.2 Å². The average Bonchev–Trinajstić information content (AvgIpc) is 2.76. The minimum Gasteiger partial charge on any atom is -0.380 e. The van der Waals surface area contributed by atoms with Crippen LogP contribution >= 0.6 is 0 Å². The Bertz CT molecular complexity index is 533. The monoisotopic (exact) mass is 246 g/mol. The molecule has 1 aromatic carbocycles. The highest BCUT2D eigenvalue weighted by molar-refractivity contribution is 6.03. The lowest BCUT2D eigenvalue weighted by Crippen LogP contribution is -2.13. The highest BCUT2D eigenvalue weighted by Crippen LogP contribution is 2.07. The van der Waals surface area contributed by atoms with E-state index in [0.717, 1.165) is 5.56 Å². The minimum atomic E-state index is -0.238. The fourth-order valence-electron chi connectivity index (χ4n) is 1.49. The first-order chi connectivity index (χ1) is 8.69. The quantitative estimate of drug-likeness (QED) is 0.857. The number of hydrogen-bond acceptors (Lipinski definition) is 4. The molecule has 2 aromatic rings. The van der Waals surface area contributed by atoms with E-state index in [9.17, 15) is 4.79 Å². The van der Waals surface area contributed by atoms with Crippen molar-refractivity contribution in [2.24, 2.45) is 0 Å². The van der Waals surface area contributed by atoms with Gasteiger partial charge in [-0.25, -0.2) is 0 Å². The third kappa shape index (κ3) is 2.92. The van der Waals surface area contributed by atoms with Gasteiger partial charge in [0.25, 0.3) is 5.91 Å². The van der Waals surface area contributed by atoms with Crippen LogP contribution in [-0.2, 0) is 11.3 Å². The van der Waals surface area contributed by atoms with Gasteiger partial charge in [0, 0.05) is 12.7 Å². The highest BCUT2D eigenvalue weighted by Gasteiger charge is 2.08. The van der Waals surface area contributed by atoms with Crippen molar-refractivity contribution in [3.8, 4) is 0 Å². The molecule has 0 spiro atoms. The van der Waals surface area contributed by atoms with Gasteiger partial charge in [-0.15, -0.1) is 5.10 Å². The fourth-order valence-corrected chi connectivity index (χ4v) is 1.49. The number of carbonyl (C=O) groups excluding carboxylic acids is 1. The van der Waals surface area contributed by atoms with Crippen LogP contribution in [0.15, 0.2) is 24.3 Å². The molecule has 0 radical (unpaired) electrons. The van der Waals surface area contributed by atoms with Gasteiger partial charge in [-0.3, -0.25) is 15.2 Å². The Morgan fingerprint density at radius 1 is 1.39 bits per heavy atom. The van der Waals surface area contributed by atoms with Gasteiger partial charge in [-0.05, 0) is 24.6 Å². The van der Waals surface area contributed by atoms with Crippen LogP contribution in [0.25, 0.3) is 0 Å². The molecule has 0 aliphatic heterocycles. The Kier molecular flexibility index (Phi) is 3.69. The molecule has 6 nitrogen and oxygen atoms in total. The molecule has 0 aliphatic carbocycles. The average molecular weight is 246 g/mol. The van der Waals surface area contributed by atoms with Gasteiger partial charge in [-0.2, -0.15) is 4.98 Å². The maximum absolute atomic E-state index is 11.9. The van der Waals surface area contributed by atoms with Gasteiger partial charge in [-0.1, -0.05) is 12.1 Å². The molecule has 0 saturated carbocycles. The van der Waals surface area contributed by atoms with Gasteiger partial charge in [0.05, 0.1) is 6.61 Å². The summed E-state index contributed by atoms with van der Waals surface area (Å²) in [5, 5.41) is 9.11. The summed E-state index contributed by atoms with van der Waals surface area (Å²) in [5.74, 6) is 0.692. The van der Waals surface area contributed by atoms with E-state index in [0.29, 0.717) is 18.0 Å². The van der Waals surface area contributed by atoms with E-state index in [1.54, 1.807) is 26.2 Å². The maximum atomic E-state index is 11.9. The lowest BCUT2D eigenvalue weighted by atomic mass is 10.1. The topological polar surface area (TPSA) is 79.9 Å². The maximum Gasteiger partial charge on any atom is 0.258 e. The molecule has 0 bridgehead atoms. The number of ether oxygens (including phenoxy) is 1. The Hall–Kier alpha value is -2.21. The number of hydrogen-bond donors (Lipinski definition) is 2. The molecule has 0 aliphatic rings. The molecule has 2 rings (SSSR count). The summed E-state index contributed by atoms with van der Waals surface area (Å²) in [6.07, 6.45) is 0. The molecular formula is C12H14N4O2. The summed E-state index contributed by atoms with van der Waals surface area (Å²) < 4.78 is 5.00. The predicted octanol–water partition coefficient (Wildman–Crippen LogP) is 1.51. The highest BCUT2D eigenvalue weighted by atomic mass is 16.5. The number of carbonyl (C=O) groups is 1. The number of aryl methyl sites for hydroxylation is 1. The fraction of sp³-hybridized carbons (Fsp3) is 0.250. The van der Waals surface area contributed by atoms with E-state index in [4.69, 9.17) is 4.74 Å². The molecule has 0 saturated heterocycles. The van der Waals surface area contributed by atoms with E-state index in [1.807, 2.05) is 12.1 Å². The first-order valence-electron chi connectivity index (χ1n) is 5.47. The van der Waals surface area contributed by atoms with E-state index < -0.39 is 0 Å². The number of anilines is 1. The van der Waals surface area contributed by atoms with Crippen molar-refractivity contribution >= 4 is 11.9 Å². The van der Waals surface area contributed by atoms with Crippen molar-refractivity contribution in [1.82, 2.24) is 15.2 Å². The molecular weight excluding hydrogens is 232 g/mol. The number of nitrogens with zero attached hydrogens (tertiary/aromatic N) is 2. The number of rotatable bonds is 4. The Morgan fingerprint density at radius 3 is 2.67 bits per heavy atom. The van der Waals surface area contributed by atoms with Crippen LogP contribution in [0.5, 0.6) is 0 Å². The van der Waals surface area contributed by atoms with E-state index in [1.165, 1.54) is 0 Å². The second-order valence-corrected chi connectivity index (χ2v) is 3.83. The Labute approximate surface area is 104 Å². The summed E-state index contributed by atoms with van der Waals surface area (Å²) in [6, 6.07) is 7.18. The predicted molar refractivity (Wildman–Crippen MR) is 66.2 cm³/mol. The summed E-state index contributed by atoms with van der Waals surface area (Å²) in [5.41, 5.74) is 1.57. The minimum absolute atomic E-state index is 0.238. The van der Waals surface area contributed by atoms with E-state index in [-0.39, 0.29) is 11.9 Å². The molecule has 0 unspecified atom stereocenters. The van der Waals surface area contributed by atoms with Gasteiger partial charge in [0.15, 0.2) is 0 Å². The summed E-state index contributed by atoms with van der Waals surface area (Å²) >= 11 is 0. The molecule has 1 heterocycles. The van der Waals surface area contributed by atoms with Crippen LogP contribution in [0.3, 0.4) is 0 Å². The van der Waals surface area contributed by atoms with Crippen molar-refractivity contribution in [2.75, 3.05) is 12.4 Å². The Morgan fingerprint density at radius 2 is 2.11 bits per heavy atom. The first kappa shape index (κ1) is 12.3. The van der Waals surface area contributed by atoms with Crippen molar-refractivity contribution < 1.29 is 9.53 Å². The molecule has 1 aromatic heterocycles. The van der Waals surface area contributed by atoms with Crippen molar-refractivity contribution in [1.29, 1.82) is 0 Å². The summed E-state index contributed by atoms with van der Waals surface area (Å²) in [6.45, 7) is 2.30. The number of methoxy groups -OCH3 is 1. The zero-order valence-corrected chi connectivity index (χ0v) is 10.2. The largest absolute Gasteiger partial charge is 0.380 e. The molecule has 18 heavy (non-hydrogen) atoms. The van der Waals surface area contributed by atoms with Gasteiger partial charge < -0.3 is 4.74 Å². The molecule has 0 fully saturated rings. The smallest absolute Gasteiger partial charge is 0.258 e. The molecule has 0 atom stereocenters.